The molecule has 2 aromatic rings. The van der Waals surface area contributed by atoms with Crippen molar-refractivity contribution >= 4 is 17.4 Å². The van der Waals surface area contributed by atoms with E-state index in [-0.39, 0.29) is 5.91 Å². The van der Waals surface area contributed by atoms with E-state index < -0.39 is 0 Å². The number of H-pyrrole nitrogens is 1. The Labute approximate surface area is 106 Å². The molecule has 0 fully saturated rings. The SMILES string of the molecule is CCNc1ccc(NC(=O)Cc2ccc[nH]2)cn1. The molecular formula is C13H16N4O. The highest BCUT2D eigenvalue weighted by Crippen LogP contribution is 2.10. The Morgan fingerprint density at radius 1 is 1.39 bits per heavy atom. The summed E-state index contributed by atoms with van der Waals surface area (Å²) < 4.78 is 0. The summed E-state index contributed by atoms with van der Waals surface area (Å²) in [6, 6.07) is 7.42. The number of aromatic nitrogens is 2. The van der Waals surface area contributed by atoms with E-state index in [0.29, 0.717) is 12.1 Å². The Morgan fingerprint density at radius 2 is 2.28 bits per heavy atom. The smallest absolute Gasteiger partial charge is 0.230 e. The second-order valence-corrected chi connectivity index (χ2v) is 3.88. The molecule has 3 N–H and O–H groups in total. The standard InChI is InChI=1S/C13H16N4O/c1-2-14-12-6-5-11(9-16-12)17-13(18)8-10-4-3-7-15-10/h3-7,9,15H,2,8H2,1H3,(H,14,16)(H,17,18). The van der Waals surface area contributed by atoms with Crippen molar-refractivity contribution in [1.29, 1.82) is 0 Å². The summed E-state index contributed by atoms with van der Waals surface area (Å²) in [5.74, 6) is 0.746. The molecule has 0 atom stereocenters. The molecule has 0 aliphatic rings. The Bertz CT molecular complexity index is 490. The predicted molar refractivity (Wildman–Crippen MR) is 71.5 cm³/mol. The number of carbonyl (C=O) groups is 1. The maximum atomic E-state index is 11.7. The van der Waals surface area contributed by atoms with Crippen molar-refractivity contribution in [3.05, 3.63) is 42.4 Å². The Balaban J connectivity index is 1.90. The van der Waals surface area contributed by atoms with Gasteiger partial charge in [-0.3, -0.25) is 4.79 Å². The van der Waals surface area contributed by atoms with Crippen molar-refractivity contribution in [2.24, 2.45) is 0 Å². The number of hydrogen-bond donors (Lipinski definition) is 3. The molecule has 0 aromatic carbocycles. The Hall–Kier alpha value is -2.30. The molecule has 0 spiro atoms. The lowest BCUT2D eigenvalue weighted by atomic mass is 10.3. The van der Waals surface area contributed by atoms with Gasteiger partial charge < -0.3 is 15.6 Å². The molecule has 2 rings (SSSR count). The van der Waals surface area contributed by atoms with Crippen molar-refractivity contribution < 1.29 is 4.79 Å². The van der Waals surface area contributed by atoms with Gasteiger partial charge in [-0.05, 0) is 31.2 Å². The van der Waals surface area contributed by atoms with Gasteiger partial charge in [0.2, 0.25) is 5.91 Å². The molecule has 5 heteroatoms. The Kier molecular flexibility index (Phi) is 3.96. The summed E-state index contributed by atoms with van der Waals surface area (Å²) in [5, 5.41) is 5.90. The van der Waals surface area contributed by atoms with Crippen molar-refractivity contribution in [3.63, 3.8) is 0 Å². The fourth-order valence-corrected chi connectivity index (χ4v) is 1.61. The summed E-state index contributed by atoms with van der Waals surface area (Å²) in [6.07, 6.45) is 3.78. The maximum absolute atomic E-state index is 11.7. The van der Waals surface area contributed by atoms with Gasteiger partial charge in [0.05, 0.1) is 18.3 Å². The molecule has 5 nitrogen and oxygen atoms in total. The van der Waals surface area contributed by atoms with E-state index in [1.165, 1.54) is 0 Å². The van der Waals surface area contributed by atoms with Gasteiger partial charge in [-0.15, -0.1) is 0 Å². The topological polar surface area (TPSA) is 69.8 Å². The van der Waals surface area contributed by atoms with Gasteiger partial charge in [0.15, 0.2) is 0 Å². The van der Waals surface area contributed by atoms with Crippen LogP contribution in [-0.4, -0.2) is 22.4 Å². The van der Waals surface area contributed by atoms with Crippen LogP contribution >= 0.6 is 0 Å². The van der Waals surface area contributed by atoms with Crippen LogP contribution in [0.1, 0.15) is 12.6 Å². The molecule has 18 heavy (non-hydrogen) atoms. The van der Waals surface area contributed by atoms with E-state index in [9.17, 15) is 4.79 Å². The van der Waals surface area contributed by atoms with Gasteiger partial charge in [-0.1, -0.05) is 0 Å². The highest BCUT2D eigenvalue weighted by molar-refractivity contribution is 5.91. The van der Waals surface area contributed by atoms with E-state index in [4.69, 9.17) is 0 Å². The summed E-state index contributed by atoms with van der Waals surface area (Å²) in [7, 11) is 0. The first kappa shape index (κ1) is 12.2. The minimum absolute atomic E-state index is 0.0598. The molecule has 0 unspecified atom stereocenters. The fraction of sp³-hybridized carbons (Fsp3) is 0.231. The van der Waals surface area contributed by atoms with Crippen LogP contribution in [0.2, 0.25) is 0 Å². The number of nitrogens with zero attached hydrogens (tertiary/aromatic N) is 1. The second kappa shape index (κ2) is 5.86. The molecule has 1 amide bonds. The first-order valence-corrected chi connectivity index (χ1v) is 5.90. The molecule has 0 saturated heterocycles. The lowest BCUT2D eigenvalue weighted by Crippen LogP contribution is -2.14. The van der Waals surface area contributed by atoms with E-state index in [1.807, 2.05) is 31.2 Å². The summed E-state index contributed by atoms with van der Waals surface area (Å²) >= 11 is 0. The third-order valence-corrected chi connectivity index (χ3v) is 2.42. The van der Waals surface area contributed by atoms with Gasteiger partial charge in [-0.2, -0.15) is 0 Å². The third-order valence-electron chi connectivity index (χ3n) is 2.42. The predicted octanol–water partition coefficient (Wildman–Crippen LogP) is 2.02. The number of anilines is 2. The maximum Gasteiger partial charge on any atom is 0.230 e. The summed E-state index contributed by atoms with van der Waals surface area (Å²) in [6.45, 7) is 2.83. The molecule has 0 aliphatic carbocycles. The first-order valence-electron chi connectivity index (χ1n) is 5.90. The lowest BCUT2D eigenvalue weighted by Gasteiger charge is -2.06. The van der Waals surface area contributed by atoms with Crippen LogP contribution < -0.4 is 10.6 Å². The molecule has 0 aliphatic heterocycles. The average Bonchev–Trinajstić information content (AvgIpc) is 2.84. The molecule has 0 saturated carbocycles. The van der Waals surface area contributed by atoms with Crippen LogP contribution in [0.5, 0.6) is 0 Å². The van der Waals surface area contributed by atoms with Crippen LogP contribution in [0.15, 0.2) is 36.7 Å². The average molecular weight is 244 g/mol. The van der Waals surface area contributed by atoms with Gasteiger partial charge in [0.1, 0.15) is 5.82 Å². The molecule has 2 heterocycles. The van der Waals surface area contributed by atoms with Crippen LogP contribution in [0.3, 0.4) is 0 Å². The van der Waals surface area contributed by atoms with Crippen LogP contribution in [0, 0.1) is 0 Å². The normalized spacial score (nSPS) is 10.1. The minimum Gasteiger partial charge on any atom is -0.370 e. The van der Waals surface area contributed by atoms with Crippen molar-refractivity contribution in [1.82, 2.24) is 9.97 Å². The molecule has 94 valence electrons. The van der Waals surface area contributed by atoms with E-state index >= 15 is 0 Å². The number of pyridine rings is 1. The highest BCUT2D eigenvalue weighted by Gasteiger charge is 2.04. The van der Waals surface area contributed by atoms with Crippen molar-refractivity contribution in [2.45, 2.75) is 13.3 Å². The molecular weight excluding hydrogens is 228 g/mol. The van der Waals surface area contributed by atoms with Crippen molar-refractivity contribution in [2.75, 3.05) is 17.2 Å². The lowest BCUT2D eigenvalue weighted by molar-refractivity contribution is -0.115. The zero-order valence-electron chi connectivity index (χ0n) is 10.2. The van der Waals surface area contributed by atoms with E-state index in [2.05, 4.69) is 20.6 Å². The third kappa shape index (κ3) is 3.35. The number of rotatable bonds is 5. The van der Waals surface area contributed by atoms with Crippen LogP contribution in [0.4, 0.5) is 11.5 Å². The molecule has 2 aromatic heterocycles. The van der Waals surface area contributed by atoms with Gasteiger partial charge in [0.25, 0.3) is 0 Å². The fourth-order valence-electron chi connectivity index (χ4n) is 1.61. The largest absolute Gasteiger partial charge is 0.370 e. The second-order valence-electron chi connectivity index (χ2n) is 3.88. The number of hydrogen-bond acceptors (Lipinski definition) is 3. The first-order chi connectivity index (χ1) is 8.78. The van der Waals surface area contributed by atoms with Gasteiger partial charge >= 0.3 is 0 Å². The number of amides is 1. The van der Waals surface area contributed by atoms with E-state index in [1.54, 1.807) is 12.4 Å². The Morgan fingerprint density at radius 3 is 2.89 bits per heavy atom. The van der Waals surface area contributed by atoms with Crippen molar-refractivity contribution in [3.8, 4) is 0 Å². The quantitative estimate of drug-likeness (QED) is 0.753. The number of carbonyl (C=O) groups excluding carboxylic acids is 1. The summed E-state index contributed by atoms with van der Waals surface area (Å²) in [5.41, 5.74) is 1.60. The highest BCUT2D eigenvalue weighted by atomic mass is 16.1. The summed E-state index contributed by atoms with van der Waals surface area (Å²) in [4.78, 5) is 18.9. The van der Waals surface area contributed by atoms with Gasteiger partial charge in [-0.25, -0.2) is 4.98 Å². The zero-order valence-corrected chi connectivity index (χ0v) is 10.2. The van der Waals surface area contributed by atoms with Gasteiger partial charge in [0, 0.05) is 18.4 Å². The van der Waals surface area contributed by atoms with Crippen LogP contribution in [-0.2, 0) is 11.2 Å². The molecule has 0 bridgehead atoms. The molecule has 0 radical (unpaired) electrons. The zero-order chi connectivity index (χ0) is 12.8. The monoisotopic (exact) mass is 244 g/mol. The van der Waals surface area contributed by atoms with Crippen LogP contribution in [0.25, 0.3) is 0 Å². The van der Waals surface area contributed by atoms with E-state index in [0.717, 1.165) is 18.1 Å². The number of aromatic amines is 1. The minimum atomic E-state index is -0.0598. The number of nitrogens with one attached hydrogen (secondary N) is 3.